The average Bonchev–Trinajstić information content (AvgIpc) is 3.42. The molecule has 2 aromatic rings. The molecule has 8 atom stereocenters. The van der Waals surface area contributed by atoms with E-state index < -0.39 is 0 Å². The van der Waals surface area contributed by atoms with E-state index in [0.29, 0.717) is 36.0 Å². The normalized spacial score (nSPS) is 47.0. The molecule has 2 bridgehead atoms. The summed E-state index contributed by atoms with van der Waals surface area (Å²) in [6.07, 6.45) is 0. The maximum atomic E-state index is 13.3. The van der Waals surface area contributed by atoms with Gasteiger partial charge in [-0.15, -0.1) is 0 Å². The second kappa shape index (κ2) is 3.33. The van der Waals surface area contributed by atoms with Crippen LogP contribution in [-0.2, 0) is 10.3 Å². The van der Waals surface area contributed by atoms with Gasteiger partial charge in [0.1, 0.15) is 0 Å². The summed E-state index contributed by atoms with van der Waals surface area (Å²) in [5, 5.41) is 0. The molecule has 4 saturated carbocycles. The molecule has 6 heteroatoms. The monoisotopic (exact) mass is 323 g/mol. The fourth-order valence-electron chi connectivity index (χ4n) is 7.39. The van der Waals surface area contributed by atoms with E-state index in [1.165, 1.54) is 4.57 Å². The molecule has 3 heterocycles. The highest BCUT2D eigenvalue weighted by Gasteiger charge is 2.95. The lowest BCUT2D eigenvalue weighted by Gasteiger charge is -2.46. The predicted molar refractivity (Wildman–Crippen MR) is 84.1 cm³/mol. The van der Waals surface area contributed by atoms with E-state index in [2.05, 4.69) is 0 Å². The molecule has 6 aliphatic rings. The molecule has 6 nitrogen and oxygen atoms in total. The first-order chi connectivity index (χ1) is 11.7. The van der Waals surface area contributed by atoms with Gasteiger partial charge in [-0.25, -0.2) is 23.5 Å². The van der Waals surface area contributed by atoms with Crippen molar-refractivity contribution in [2.75, 3.05) is 13.7 Å². The number of ether oxygens (including phenoxy) is 1. The first kappa shape index (κ1) is 12.3. The third-order valence-electron chi connectivity index (χ3n) is 7.70. The van der Waals surface area contributed by atoms with Crippen LogP contribution in [-0.4, -0.2) is 27.6 Å². The summed E-state index contributed by atoms with van der Waals surface area (Å²) in [5.41, 5.74) is 0.0171. The standard InChI is InChI=1S/C18H17N3O3/c1-24-7-18-13-9-10-12(14(10)18)15(11(9)13)20-16(22)19(17(23)21(18)20)8-5-3-2-4-6-8/h2-6,9-15H,7H2,1H3/t9-,10-,11+,12+,13-,14+,15?,18?/m1/s1. The lowest BCUT2D eigenvalue weighted by atomic mass is 9.77. The minimum absolute atomic E-state index is 0.174. The van der Waals surface area contributed by atoms with Gasteiger partial charge in [0.2, 0.25) is 0 Å². The number of nitrogens with zero attached hydrogens (tertiary/aromatic N) is 3. The lowest BCUT2D eigenvalue weighted by Crippen LogP contribution is -2.59. The Morgan fingerprint density at radius 3 is 2.29 bits per heavy atom. The van der Waals surface area contributed by atoms with Crippen LogP contribution in [0.3, 0.4) is 0 Å². The molecule has 0 N–H and O–H groups in total. The molecule has 0 amide bonds. The third kappa shape index (κ3) is 0.922. The Morgan fingerprint density at radius 2 is 1.67 bits per heavy atom. The summed E-state index contributed by atoms with van der Waals surface area (Å²) in [5.74, 6) is 3.76. The Labute approximate surface area is 137 Å². The van der Waals surface area contributed by atoms with Crippen molar-refractivity contribution in [2.24, 2.45) is 35.5 Å². The quantitative estimate of drug-likeness (QED) is 0.824. The van der Waals surface area contributed by atoms with Crippen LogP contribution in [0.25, 0.3) is 5.69 Å². The maximum absolute atomic E-state index is 13.3. The largest absolute Gasteiger partial charge is 0.382 e. The number of benzene rings is 1. The maximum Gasteiger partial charge on any atom is 0.352 e. The van der Waals surface area contributed by atoms with E-state index in [-0.39, 0.29) is 23.0 Å². The molecule has 0 radical (unpaired) electrons. The predicted octanol–water partition coefficient (Wildman–Crippen LogP) is 0.449. The Balaban J connectivity index is 1.58. The molecule has 1 aromatic heterocycles. The van der Waals surface area contributed by atoms with Crippen LogP contribution in [0.2, 0.25) is 0 Å². The highest BCUT2D eigenvalue weighted by molar-refractivity contribution is 5.42. The zero-order valence-electron chi connectivity index (χ0n) is 13.2. The molecule has 24 heavy (non-hydrogen) atoms. The van der Waals surface area contributed by atoms with Gasteiger partial charge in [0.15, 0.2) is 0 Å². The molecule has 4 fully saturated rings. The van der Waals surface area contributed by atoms with Crippen LogP contribution >= 0.6 is 0 Å². The van der Waals surface area contributed by atoms with Crippen LogP contribution in [0.15, 0.2) is 39.9 Å². The minimum atomic E-state index is -0.273. The number of para-hydroxylation sites is 1. The van der Waals surface area contributed by atoms with Crippen LogP contribution in [0.1, 0.15) is 6.04 Å². The van der Waals surface area contributed by atoms with E-state index in [1.807, 2.05) is 39.7 Å². The van der Waals surface area contributed by atoms with Crippen molar-refractivity contribution in [3.63, 3.8) is 0 Å². The molecule has 0 spiro atoms. The second-order valence-electron chi connectivity index (χ2n) is 8.17. The van der Waals surface area contributed by atoms with Crippen molar-refractivity contribution >= 4 is 0 Å². The SMILES string of the molecule is COCC12[C@@H]3[C@H]4C([C@H]5[C@@H]([C@H]43)[C@H]51)n1c(=O)n(-c3ccccc3)c(=O)n12. The van der Waals surface area contributed by atoms with Crippen LogP contribution in [0.4, 0.5) is 0 Å². The van der Waals surface area contributed by atoms with Crippen molar-refractivity contribution in [1.82, 2.24) is 13.9 Å². The topological polar surface area (TPSA) is 58.2 Å². The molecule has 0 saturated heterocycles. The fourth-order valence-corrected chi connectivity index (χ4v) is 7.39. The second-order valence-corrected chi connectivity index (χ2v) is 8.17. The first-order valence-electron chi connectivity index (χ1n) is 8.75. The summed E-state index contributed by atoms with van der Waals surface area (Å²) in [4.78, 5) is 26.5. The fraction of sp³-hybridized carbons (Fsp3) is 0.556. The van der Waals surface area contributed by atoms with E-state index in [1.54, 1.807) is 7.11 Å². The molecule has 1 aromatic carbocycles. The summed E-state index contributed by atoms with van der Waals surface area (Å²) < 4.78 is 10.6. The number of aromatic nitrogens is 3. The Hall–Kier alpha value is -2.08. The molecule has 122 valence electrons. The van der Waals surface area contributed by atoms with Gasteiger partial charge in [-0.1, -0.05) is 18.2 Å². The summed E-state index contributed by atoms with van der Waals surface area (Å²) >= 11 is 0. The molecule has 4 aliphatic carbocycles. The average molecular weight is 323 g/mol. The number of hydrogen-bond donors (Lipinski definition) is 0. The Morgan fingerprint density at radius 1 is 1.00 bits per heavy atom. The molecular formula is C18H17N3O3. The Kier molecular flexibility index (Phi) is 1.71. The summed E-state index contributed by atoms with van der Waals surface area (Å²) in [6, 6.07) is 9.52. The van der Waals surface area contributed by atoms with Crippen molar-refractivity contribution in [3.05, 3.63) is 51.3 Å². The smallest absolute Gasteiger partial charge is 0.352 e. The first-order valence-corrected chi connectivity index (χ1v) is 8.75. The highest BCUT2D eigenvalue weighted by atomic mass is 16.5. The van der Waals surface area contributed by atoms with E-state index in [0.717, 1.165) is 11.8 Å². The molecular weight excluding hydrogens is 306 g/mol. The number of hydrogen-bond acceptors (Lipinski definition) is 3. The number of methoxy groups -OCH3 is 1. The van der Waals surface area contributed by atoms with Gasteiger partial charge in [0.25, 0.3) is 0 Å². The van der Waals surface area contributed by atoms with Gasteiger partial charge < -0.3 is 4.74 Å². The zero-order valence-corrected chi connectivity index (χ0v) is 13.2. The van der Waals surface area contributed by atoms with Crippen LogP contribution in [0, 0.1) is 35.5 Å². The molecule has 2 unspecified atom stereocenters. The summed E-state index contributed by atoms with van der Waals surface area (Å²) in [7, 11) is 1.71. The van der Waals surface area contributed by atoms with Crippen molar-refractivity contribution in [1.29, 1.82) is 0 Å². The lowest BCUT2D eigenvalue weighted by molar-refractivity contribution is -0.0381. The van der Waals surface area contributed by atoms with Crippen molar-refractivity contribution in [2.45, 2.75) is 11.6 Å². The van der Waals surface area contributed by atoms with Crippen LogP contribution < -0.4 is 11.4 Å². The van der Waals surface area contributed by atoms with Gasteiger partial charge >= 0.3 is 11.4 Å². The zero-order chi connectivity index (χ0) is 16.0. The van der Waals surface area contributed by atoms with E-state index in [4.69, 9.17) is 4.74 Å². The van der Waals surface area contributed by atoms with Gasteiger partial charge in [0.05, 0.1) is 23.9 Å². The van der Waals surface area contributed by atoms with Gasteiger partial charge in [-0.05, 0) is 47.6 Å². The highest BCUT2D eigenvalue weighted by Crippen LogP contribution is 2.93. The van der Waals surface area contributed by atoms with Crippen LogP contribution in [0.5, 0.6) is 0 Å². The van der Waals surface area contributed by atoms with Crippen molar-refractivity contribution < 1.29 is 4.74 Å². The van der Waals surface area contributed by atoms with Crippen molar-refractivity contribution in [3.8, 4) is 5.69 Å². The summed E-state index contributed by atoms with van der Waals surface area (Å²) in [6.45, 7) is 0.549. The van der Waals surface area contributed by atoms with E-state index in [9.17, 15) is 9.59 Å². The Bertz CT molecular complexity index is 1010. The van der Waals surface area contributed by atoms with Gasteiger partial charge in [-0.2, -0.15) is 0 Å². The van der Waals surface area contributed by atoms with Gasteiger partial charge in [0, 0.05) is 7.11 Å². The minimum Gasteiger partial charge on any atom is -0.382 e. The van der Waals surface area contributed by atoms with E-state index >= 15 is 0 Å². The molecule has 2 aliphatic heterocycles. The van der Waals surface area contributed by atoms with Gasteiger partial charge in [-0.3, -0.25) is 0 Å². The third-order valence-corrected chi connectivity index (χ3v) is 7.70. The number of rotatable bonds is 3. The molecule has 8 rings (SSSR count).